The molecule has 0 radical (unpaired) electrons. The van der Waals surface area contributed by atoms with Gasteiger partial charge in [-0.2, -0.15) is 0 Å². The Hall–Kier alpha value is -2.93. The maximum atomic E-state index is 12.7. The highest BCUT2D eigenvalue weighted by atomic mass is 32.1. The Morgan fingerprint density at radius 1 is 0.939 bits per heavy atom. The Labute approximate surface area is 202 Å². The third kappa shape index (κ3) is 8.85. The Bertz CT molecular complexity index is 905. The van der Waals surface area contributed by atoms with Gasteiger partial charge in [-0.05, 0) is 85.9 Å². The lowest BCUT2D eigenvalue weighted by atomic mass is 10.1. The van der Waals surface area contributed by atoms with Gasteiger partial charge in [-0.1, -0.05) is 27.7 Å². The molecule has 7 heteroatoms. The third-order valence-corrected chi connectivity index (χ3v) is 5.18. The first-order valence-corrected chi connectivity index (χ1v) is 12.0. The second-order valence-corrected chi connectivity index (χ2v) is 8.74. The van der Waals surface area contributed by atoms with Gasteiger partial charge in [-0.25, -0.2) is 0 Å². The van der Waals surface area contributed by atoms with E-state index in [1.54, 1.807) is 48.5 Å². The Morgan fingerprint density at radius 3 is 2.06 bits per heavy atom. The quantitative estimate of drug-likeness (QED) is 0.425. The lowest BCUT2D eigenvalue weighted by molar-refractivity contribution is 0.0755. The average Bonchev–Trinajstić information content (AvgIpc) is 2.79. The molecular weight excluding hydrogens is 434 g/mol. The van der Waals surface area contributed by atoms with Crippen molar-refractivity contribution in [3.05, 3.63) is 59.7 Å². The molecule has 0 aliphatic heterocycles. The van der Waals surface area contributed by atoms with Crippen molar-refractivity contribution in [2.24, 2.45) is 5.92 Å². The van der Waals surface area contributed by atoms with Gasteiger partial charge >= 0.3 is 0 Å². The van der Waals surface area contributed by atoms with E-state index in [9.17, 15) is 9.59 Å². The van der Waals surface area contributed by atoms with Gasteiger partial charge in [-0.15, -0.1) is 0 Å². The van der Waals surface area contributed by atoms with E-state index in [-0.39, 0.29) is 16.9 Å². The Balaban J connectivity index is 1.88. The first-order valence-electron chi connectivity index (χ1n) is 11.6. The summed E-state index contributed by atoms with van der Waals surface area (Å²) in [5, 5.41) is 5.85. The van der Waals surface area contributed by atoms with Gasteiger partial charge in [0.2, 0.25) is 0 Å². The number of hydrogen-bond donors (Lipinski definition) is 2. The van der Waals surface area contributed by atoms with Crippen molar-refractivity contribution in [3.63, 3.8) is 0 Å². The summed E-state index contributed by atoms with van der Waals surface area (Å²) in [6.07, 6.45) is 2.83. The van der Waals surface area contributed by atoms with Crippen LogP contribution in [-0.4, -0.2) is 41.5 Å². The number of nitrogens with zero attached hydrogens (tertiary/aromatic N) is 1. The molecule has 2 amide bonds. The summed E-state index contributed by atoms with van der Waals surface area (Å²) in [6.45, 7) is 10.6. The lowest BCUT2D eigenvalue weighted by Crippen LogP contribution is -2.34. The molecule has 0 atom stereocenters. The van der Waals surface area contributed by atoms with Crippen LogP contribution in [0.5, 0.6) is 5.75 Å². The molecule has 0 unspecified atom stereocenters. The molecule has 2 aromatic carbocycles. The monoisotopic (exact) mass is 469 g/mol. The maximum Gasteiger partial charge on any atom is 0.257 e. The van der Waals surface area contributed by atoms with Crippen LogP contribution in [0.4, 0.5) is 5.69 Å². The van der Waals surface area contributed by atoms with E-state index in [0.29, 0.717) is 29.3 Å². The van der Waals surface area contributed by atoms with Gasteiger partial charge in [0, 0.05) is 29.9 Å². The molecule has 0 saturated heterocycles. The van der Waals surface area contributed by atoms with Crippen LogP contribution < -0.4 is 15.4 Å². The summed E-state index contributed by atoms with van der Waals surface area (Å²) in [5.41, 5.74) is 1.82. The number of benzene rings is 2. The first kappa shape index (κ1) is 26.3. The van der Waals surface area contributed by atoms with E-state index in [2.05, 4.69) is 38.3 Å². The molecule has 0 aliphatic rings. The number of carbonyl (C=O) groups is 2. The van der Waals surface area contributed by atoms with E-state index in [4.69, 9.17) is 17.0 Å². The molecule has 0 aromatic heterocycles. The standard InChI is InChI=1S/C26H35N3O3S/c1-5-16-29(17-6-2)25(31)21-7-11-22(12-8-21)27-26(33)28-24(30)20-9-13-23(14-10-20)32-18-15-19(3)4/h7-14,19H,5-6,15-18H2,1-4H3,(H2,27,28,30,33). The molecular formula is C26H35N3O3S. The first-order chi connectivity index (χ1) is 15.8. The molecule has 0 spiro atoms. The van der Waals surface area contributed by atoms with Crippen molar-refractivity contribution >= 4 is 34.8 Å². The van der Waals surface area contributed by atoms with Crippen LogP contribution in [0.1, 0.15) is 67.7 Å². The number of carbonyl (C=O) groups excluding carboxylic acids is 2. The van der Waals surface area contributed by atoms with Crippen LogP contribution in [0.3, 0.4) is 0 Å². The number of nitrogens with one attached hydrogen (secondary N) is 2. The molecule has 2 aromatic rings. The average molecular weight is 470 g/mol. The highest BCUT2D eigenvalue weighted by Gasteiger charge is 2.14. The SMILES string of the molecule is CCCN(CCC)C(=O)c1ccc(NC(=S)NC(=O)c2ccc(OCCC(C)C)cc2)cc1. The van der Waals surface area contributed by atoms with Crippen LogP contribution in [0.25, 0.3) is 0 Å². The van der Waals surface area contributed by atoms with Gasteiger partial charge in [0.15, 0.2) is 5.11 Å². The summed E-state index contributed by atoms with van der Waals surface area (Å²) < 4.78 is 5.68. The fourth-order valence-corrected chi connectivity index (χ4v) is 3.40. The van der Waals surface area contributed by atoms with Gasteiger partial charge in [0.1, 0.15) is 5.75 Å². The molecule has 0 saturated carbocycles. The number of ether oxygens (including phenoxy) is 1. The molecule has 33 heavy (non-hydrogen) atoms. The van der Waals surface area contributed by atoms with E-state index < -0.39 is 0 Å². The van der Waals surface area contributed by atoms with E-state index in [1.807, 2.05) is 4.90 Å². The maximum absolute atomic E-state index is 12.7. The van der Waals surface area contributed by atoms with Crippen LogP contribution in [0.15, 0.2) is 48.5 Å². The number of amides is 2. The van der Waals surface area contributed by atoms with Crippen LogP contribution in [-0.2, 0) is 0 Å². The van der Waals surface area contributed by atoms with Crippen LogP contribution in [0.2, 0.25) is 0 Å². The van der Waals surface area contributed by atoms with Crippen molar-refractivity contribution in [2.75, 3.05) is 25.0 Å². The normalized spacial score (nSPS) is 10.6. The summed E-state index contributed by atoms with van der Waals surface area (Å²) >= 11 is 5.27. The summed E-state index contributed by atoms with van der Waals surface area (Å²) in [6, 6.07) is 14.1. The minimum absolute atomic E-state index is 0.0257. The highest BCUT2D eigenvalue weighted by molar-refractivity contribution is 7.80. The second-order valence-electron chi connectivity index (χ2n) is 8.33. The Morgan fingerprint density at radius 2 is 1.52 bits per heavy atom. The fourth-order valence-electron chi connectivity index (χ4n) is 3.19. The van der Waals surface area contributed by atoms with E-state index in [1.165, 1.54) is 0 Å². The largest absolute Gasteiger partial charge is 0.494 e. The molecule has 178 valence electrons. The van der Waals surface area contributed by atoms with Gasteiger partial charge in [-0.3, -0.25) is 14.9 Å². The number of anilines is 1. The molecule has 0 heterocycles. The molecule has 0 aliphatic carbocycles. The minimum Gasteiger partial charge on any atom is -0.494 e. The minimum atomic E-state index is -0.303. The van der Waals surface area contributed by atoms with Gasteiger partial charge < -0.3 is 15.0 Å². The Kier molecular flexibility index (Phi) is 10.8. The van der Waals surface area contributed by atoms with Gasteiger partial charge in [0.25, 0.3) is 11.8 Å². The van der Waals surface area contributed by atoms with Crippen molar-refractivity contribution in [1.29, 1.82) is 0 Å². The number of thiocarbonyl (C=S) groups is 1. The van der Waals surface area contributed by atoms with Crippen molar-refractivity contribution in [3.8, 4) is 5.75 Å². The fraction of sp³-hybridized carbons (Fsp3) is 0.423. The smallest absolute Gasteiger partial charge is 0.257 e. The predicted molar refractivity (Wildman–Crippen MR) is 138 cm³/mol. The molecule has 0 bridgehead atoms. The lowest BCUT2D eigenvalue weighted by Gasteiger charge is -2.21. The van der Waals surface area contributed by atoms with E-state index >= 15 is 0 Å². The van der Waals surface area contributed by atoms with Crippen LogP contribution >= 0.6 is 12.2 Å². The third-order valence-electron chi connectivity index (χ3n) is 4.97. The summed E-state index contributed by atoms with van der Waals surface area (Å²) in [5.74, 6) is 1.04. The summed E-state index contributed by atoms with van der Waals surface area (Å²) in [7, 11) is 0. The van der Waals surface area contributed by atoms with E-state index in [0.717, 1.165) is 38.1 Å². The number of hydrogen-bond acceptors (Lipinski definition) is 4. The van der Waals surface area contributed by atoms with Gasteiger partial charge in [0.05, 0.1) is 6.61 Å². The molecule has 2 rings (SSSR count). The highest BCUT2D eigenvalue weighted by Crippen LogP contribution is 2.15. The second kappa shape index (κ2) is 13.6. The van der Waals surface area contributed by atoms with Crippen LogP contribution in [0, 0.1) is 5.92 Å². The predicted octanol–water partition coefficient (Wildman–Crippen LogP) is 5.50. The zero-order chi connectivity index (χ0) is 24.2. The number of rotatable bonds is 11. The topological polar surface area (TPSA) is 70.7 Å². The zero-order valence-corrected chi connectivity index (χ0v) is 20.8. The van der Waals surface area contributed by atoms with Crippen molar-refractivity contribution < 1.29 is 14.3 Å². The van der Waals surface area contributed by atoms with Crippen molar-refractivity contribution in [2.45, 2.75) is 47.0 Å². The van der Waals surface area contributed by atoms with Crippen molar-refractivity contribution in [1.82, 2.24) is 10.2 Å². The summed E-state index contributed by atoms with van der Waals surface area (Å²) in [4.78, 5) is 27.0. The molecule has 6 nitrogen and oxygen atoms in total. The molecule has 0 fully saturated rings. The molecule has 2 N–H and O–H groups in total. The zero-order valence-electron chi connectivity index (χ0n) is 20.0.